The van der Waals surface area contributed by atoms with Crippen molar-refractivity contribution in [3.8, 4) is 5.69 Å². The van der Waals surface area contributed by atoms with Crippen molar-refractivity contribution in [3.05, 3.63) is 72.9 Å². The molecule has 4 rings (SSSR count). The second-order valence-corrected chi connectivity index (χ2v) is 9.43. The van der Waals surface area contributed by atoms with Gasteiger partial charge in [-0.1, -0.05) is 32.3 Å². The molecular weight excluding hydrogens is 444 g/mol. The van der Waals surface area contributed by atoms with Crippen LogP contribution in [0, 0.1) is 6.08 Å². The van der Waals surface area contributed by atoms with E-state index in [1.54, 1.807) is 12.7 Å². The first kappa shape index (κ1) is 21.2. The second kappa shape index (κ2) is 12.3. The fraction of sp³-hybridized carbons (Fsp3) is 0.250. The summed E-state index contributed by atoms with van der Waals surface area (Å²) in [6, 6.07) is 12.5. The average molecular weight is 466 g/mol. The number of unbranched alkanes of at least 4 members (excludes halogenated alkanes) is 1. The van der Waals surface area contributed by atoms with Crippen LogP contribution in [0.5, 0.6) is 0 Å². The molecule has 0 radical (unpaired) electrons. The van der Waals surface area contributed by atoms with E-state index in [1.165, 1.54) is 35.6 Å². The number of halogens is 2. The molecule has 0 bridgehead atoms. The van der Waals surface area contributed by atoms with E-state index in [0.29, 0.717) is 0 Å². The van der Waals surface area contributed by atoms with Crippen molar-refractivity contribution in [2.45, 2.75) is 32.6 Å². The Morgan fingerprint density at radius 2 is 1.96 bits per heavy atom. The summed E-state index contributed by atoms with van der Waals surface area (Å²) in [5.41, 5.74) is 2.52. The van der Waals surface area contributed by atoms with Crippen molar-refractivity contribution in [3.63, 3.8) is 0 Å². The van der Waals surface area contributed by atoms with Crippen LogP contribution in [0.1, 0.15) is 32.6 Å². The summed E-state index contributed by atoms with van der Waals surface area (Å²) in [4.78, 5) is 0. The molecule has 6 heteroatoms. The number of allylic oxidation sites excluding steroid dienone is 4. The van der Waals surface area contributed by atoms with E-state index in [0.717, 1.165) is 12.1 Å². The van der Waals surface area contributed by atoms with E-state index in [1.807, 2.05) is 16.7 Å². The number of fused-ring (bicyclic) bond motifs is 1. The largest absolute Gasteiger partial charge is 0.307 e. The molecule has 1 aromatic heterocycles. The van der Waals surface area contributed by atoms with E-state index in [-0.39, 0.29) is 0 Å². The molecule has 0 N–H and O–H groups in total. The van der Waals surface area contributed by atoms with Crippen LogP contribution in [-0.2, 0) is 20.8 Å². The molecule has 0 fully saturated rings. The monoisotopic (exact) mass is 463 g/mol. The maximum absolute atomic E-state index is 4.93. The summed E-state index contributed by atoms with van der Waals surface area (Å²) in [6.07, 6.45) is 15.9. The van der Waals surface area contributed by atoms with Gasteiger partial charge in [-0.3, -0.25) is 6.08 Å². The zero-order chi connectivity index (χ0) is 18.6. The fourth-order valence-corrected chi connectivity index (χ4v) is 2.61. The van der Waals surface area contributed by atoms with Crippen molar-refractivity contribution in [2.75, 3.05) is 0 Å². The minimum atomic E-state index is -0.826. The molecule has 3 aromatic rings. The maximum atomic E-state index is 4.93. The Morgan fingerprint density at radius 3 is 2.58 bits per heavy atom. The molecule has 0 saturated heterocycles. The van der Waals surface area contributed by atoms with Crippen LogP contribution in [0.2, 0.25) is 0 Å². The minimum Gasteiger partial charge on any atom is -0.307 e. The number of aromatic nitrogens is 3. The molecule has 134 valence electrons. The van der Waals surface area contributed by atoms with Gasteiger partial charge in [0, 0.05) is 0 Å². The zero-order valence-corrected chi connectivity index (χ0v) is 18.7. The fourth-order valence-electron chi connectivity index (χ4n) is 2.61. The molecule has 0 saturated carbocycles. The Hall–Kier alpha value is -1.09. The predicted octanol–water partition coefficient (Wildman–Crippen LogP) is 6.38. The van der Waals surface area contributed by atoms with Crippen molar-refractivity contribution in [1.82, 2.24) is 14.8 Å². The molecule has 1 heterocycles. The third kappa shape index (κ3) is 6.91. The van der Waals surface area contributed by atoms with Crippen molar-refractivity contribution >= 4 is 27.8 Å². The van der Waals surface area contributed by atoms with E-state index < -0.39 is 20.8 Å². The normalized spacial score (nSPS) is 11.9. The molecule has 0 amide bonds. The maximum Gasteiger partial charge on any atom is 0.122 e. The quantitative estimate of drug-likeness (QED) is 0.419. The topological polar surface area (TPSA) is 30.7 Å². The first-order chi connectivity index (χ1) is 12.8. The van der Waals surface area contributed by atoms with E-state index in [2.05, 4.69) is 59.6 Å². The first-order valence-corrected chi connectivity index (χ1v) is 14.8. The van der Waals surface area contributed by atoms with Gasteiger partial charge in [0.2, 0.25) is 0 Å². The second-order valence-electron chi connectivity index (χ2n) is 5.70. The summed E-state index contributed by atoms with van der Waals surface area (Å²) in [7, 11) is 9.87. The van der Waals surface area contributed by atoms with Crippen molar-refractivity contribution in [2.24, 2.45) is 0 Å². The Balaban J connectivity index is 0.000000175. The number of hydrogen-bond donors (Lipinski definition) is 0. The van der Waals surface area contributed by atoms with Crippen LogP contribution in [0.4, 0.5) is 0 Å². The van der Waals surface area contributed by atoms with Crippen LogP contribution in [-0.4, -0.2) is 14.8 Å². The molecule has 0 aliphatic heterocycles. The number of hydrogen-bond acceptors (Lipinski definition) is 2. The SMILES string of the molecule is CCCCC1=[C-]CC=C1.[Cl][Zr+2][Cl].c1ccc2[cH-]c(-n3cnnc3)cc2c1. The zero-order valence-electron chi connectivity index (χ0n) is 14.7. The number of rotatable bonds is 4. The molecular formula is C20H21Cl2N3Zr. The number of benzene rings is 1. The molecule has 1 aliphatic rings. The van der Waals surface area contributed by atoms with Gasteiger partial charge in [-0.15, -0.1) is 57.7 Å². The van der Waals surface area contributed by atoms with Crippen molar-refractivity contribution in [1.29, 1.82) is 0 Å². The summed E-state index contributed by atoms with van der Waals surface area (Å²) in [5, 5.41) is 10.1. The molecule has 0 atom stereocenters. The molecule has 0 spiro atoms. The van der Waals surface area contributed by atoms with Gasteiger partial charge in [-0.05, 0) is 5.69 Å². The van der Waals surface area contributed by atoms with E-state index in [9.17, 15) is 0 Å². The van der Waals surface area contributed by atoms with Gasteiger partial charge in [0.1, 0.15) is 12.7 Å². The Morgan fingerprint density at radius 1 is 1.23 bits per heavy atom. The first-order valence-electron chi connectivity index (χ1n) is 8.51. The molecule has 3 nitrogen and oxygen atoms in total. The van der Waals surface area contributed by atoms with Gasteiger partial charge in [-0.25, -0.2) is 11.6 Å². The number of nitrogens with zero attached hydrogens (tertiary/aromatic N) is 3. The van der Waals surface area contributed by atoms with Gasteiger partial charge in [-0.2, -0.15) is 6.08 Å². The van der Waals surface area contributed by atoms with Crippen LogP contribution in [0.15, 0.2) is 66.8 Å². The molecule has 2 aromatic carbocycles. The Labute approximate surface area is 173 Å². The Kier molecular flexibility index (Phi) is 10.1. The molecule has 26 heavy (non-hydrogen) atoms. The average Bonchev–Trinajstić information content (AvgIpc) is 3.42. The molecule has 1 aliphatic carbocycles. The van der Waals surface area contributed by atoms with Gasteiger partial charge < -0.3 is 4.57 Å². The van der Waals surface area contributed by atoms with Crippen LogP contribution in [0.25, 0.3) is 16.5 Å². The van der Waals surface area contributed by atoms with E-state index >= 15 is 0 Å². The summed E-state index contributed by atoms with van der Waals surface area (Å²) < 4.78 is 1.90. The summed E-state index contributed by atoms with van der Waals surface area (Å²) in [5.74, 6) is 0. The van der Waals surface area contributed by atoms with Gasteiger partial charge >= 0.3 is 37.9 Å². The van der Waals surface area contributed by atoms with Gasteiger partial charge in [0.25, 0.3) is 0 Å². The van der Waals surface area contributed by atoms with Crippen LogP contribution in [0.3, 0.4) is 0 Å². The predicted molar refractivity (Wildman–Crippen MR) is 106 cm³/mol. The van der Waals surface area contributed by atoms with Gasteiger partial charge in [0.05, 0.1) is 0 Å². The minimum absolute atomic E-state index is 0.826. The smallest absolute Gasteiger partial charge is 0.122 e. The third-order valence-electron chi connectivity index (χ3n) is 3.89. The standard InChI is InChI=1S/C11H8N3.C9H13.2ClH.Zr/c1-2-4-10-6-11(5-9(10)3-1)14-7-12-13-8-14;1-2-3-6-9-7-4-5-8-9;;;/h1-8H;4,7H,2-3,5-6H2,1H3;2*1H;/q2*-1;;;+4/p-2. The van der Waals surface area contributed by atoms with Crippen LogP contribution < -0.4 is 0 Å². The van der Waals surface area contributed by atoms with E-state index in [4.69, 9.17) is 17.0 Å². The van der Waals surface area contributed by atoms with Gasteiger partial charge in [0.15, 0.2) is 0 Å². The third-order valence-corrected chi connectivity index (χ3v) is 3.89. The summed E-state index contributed by atoms with van der Waals surface area (Å²) in [6.45, 7) is 2.22. The molecule has 0 unspecified atom stereocenters. The summed E-state index contributed by atoms with van der Waals surface area (Å²) >= 11 is -0.826. The Bertz CT molecular complexity index is 790. The van der Waals surface area contributed by atoms with Crippen molar-refractivity contribution < 1.29 is 20.8 Å². The van der Waals surface area contributed by atoms with Crippen LogP contribution >= 0.6 is 17.0 Å².